The molecule has 2 aromatic carbocycles. The van der Waals surface area contributed by atoms with Crippen LogP contribution in [0.15, 0.2) is 53.1 Å². The molecule has 1 saturated heterocycles. The highest BCUT2D eigenvalue weighted by molar-refractivity contribution is 5.99. The molecule has 4 rings (SSSR count). The summed E-state index contributed by atoms with van der Waals surface area (Å²) >= 11 is 0. The largest absolute Gasteiger partial charge is 0.469 e. The Morgan fingerprint density at radius 1 is 1.10 bits per heavy atom. The Balaban J connectivity index is 1.39. The second kappa shape index (κ2) is 8.99. The molecule has 1 amide bonds. The van der Waals surface area contributed by atoms with Gasteiger partial charge in [0.25, 0.3) is 5.91 Å². The van der Waals surface area contributed by atoms with Crippen LogP contribution >= 0.6 is 0 Å². The number of piperidine rings is 1. The predicted octanol–water partition coefficient (Wildman–Crippen LogP) is 3.06. The van der Waals surface area contributed by atoms with Gasteiger partial charge in [-0.05, 0) is 31.0 Å². The van der Waals surface area contributed by atoms with E-state index in [1.54, 1.807) is 23.1 Å². The Morgan fingerprint density at radius 3 is 2.55 bits per heavy atom. The summed E-state index contributed by atoms with van der Waals surface area (Å²) in [5.41, 5.74) is 1.78. The number of aromatic nitrogens is 1. The molecule has 0 spiro atoms. The molecule has 31 heavy (non-hydrogen) atoms. The molecular weight excluding hydrogens is 400 g/mol. The Kier molecular flexibility index (Phi) is 5.97. The molecule has 0 aliphatic carbocycles. The molecule has 0 saturated carbocycles. The highest BCUT2D eigenvalue weighted by atomic mass is 16.5. The standard InChI is InChI=1S/C23H22N2O6/c1-29-22(27)16-9-11-25(12-10-16)20(26)14-30-23(28)17-7-8-19-18(13-17)21(31-24-19)15-5-3-2-4-6-15/h2-8,13,16H,9-12,14H2,1H3. The summed E-state index contributed by atoms with van der Waals surface area (Å²) in [6.45, 7) is 0.515. The van der Waals surface area contributed by atoms with Gasteiger partial charge in [0.2, 0.25) is 0 Å². The van der Waals surface area contributed by atoms with E-state index in [1.807, 2.05) is 30.3 Å². The Morgan fingerprint density at radius 2 is 1.84 bits per heavy atom. The lowest BCUT2D eigenvalue weighted by atomic mass is 9.97. The number of ether oxygens (including phenoxy) is 2. The molecule has 8 heteroatoms. The molecule has 0 unspecified atom stereocenters. The van der Waals surface area contributed by atoms with Gasteiger partial charge in [0.15, 0.2) is 12.4 Å². The van der Waals surface area contributed by atoms with Crippen molar-refractivity contribution in [2.75, 3.05) is 26.8 Å². The average molecular weight is 422 g/mol. The first kappa shape index (κ1) is 20.6. The molecule has 160 valence electrons. The summed E-state index contributed by atoms with van der Waals surface area (Å²) in [4.78, 5) is 38.1. The Bertz CT molecular complexity index is 1100. The first-order chi connectivity index (χ1) is 15.1. The fraction of sp³-hybridized carbons (Fsp3) is 0.304. The maximum Gasteiger partial charge on any atom is 0.338 e. The summed E-state index contributed by atoms with van der Waals surface area (Å²) in [5, 5.41) is 4.73. The number of hydrogen-bond acceptors (Lipinski definition) is 7. The minimum atomic E-state index is -0.597. The lowest BCUT2D eigenvalue weighted by molar-refractivity contribution is -0.149. The summed E-state index contributed by atoms with van der Waals surface area (Å²) in [5.74, 6) is -0.759. The second-order valence-electron chi connectivity index (χ2n) is 7.36. The number of esters is 2. The molecule has 3 aromatic rings. The maximum absolute atomic E-state index is 12.5. The number of nitrogens with zero attached hydrogens (tertiary/aromatic N) is 2. The third kappa shape index (κ3) is 4.42. The number of amides is 1. The van der Waals surface area contributed by atoms with Crippen LogP contribution in [0.4, 0.5) is 0 Å². The van der Waals surface area contributed by atoms with Gasteiger partial charge in [0, 0.05) is 18.7 Å². The van der Waals surface area contributed by atoms with Crippen LogP contribution in [-0.2, 0) is 19.1 Å². The lowest BCUT2D eigenvalue weighted by Gasteiger charge is -2.30. The van der Waals surface area contributed by atoms with Crippen LogP contribution in [0.2, 0.25) is 0 Å². The zero-order chi connectivity index (χ0) is 21.8. The van der Waals surface area contributed by atoms with Crippen LogP contribution in [0.3, 0.4) is 0 Å². The SMILES string of the molecule is COC(=O)C1CCN(C(=O)COC(=O)c2ccc3noc(-c4ccccc4)c3c2)CC1. The topological polar surface area (TPSA) is 98.9 Å². The number of hydrogen-bond donors (Lipinski definition) is 0. The summed E-state index contributed by atoms with van der Waals surface area (Å²) in [6.07, 6.45) is 1.08. The molecule has 1 aliphatic rings. The highest BCUT2D eigenvalue weighted by Gasteiger charge is 2.28. The van der Waals surface area contributed by atoms with Crippen molar-refractivity contribution in [1.82, 2.24) is 10.1 Å². The van der Waals surface area contributed by atoms with Crippen LogP contribution in [0.5, 0.6) is 0 Å². The molecule has 0 radical (unpaired) electrons. The van der Waals surface area contributed by atoms with Crippen molar-refractivity contribution in [2.24, 2.45) is 5.92 Å². The molecule has 1 aliphatic heterocycles. The predicted molar refractivity (Wildman–Crippen MR) is 111 cm³/mol. The van der Waals surface area contributed by atoms with E-state index in [4.69, 9.17) is 14.0 Å². The molecule has 0 bridgehead atoms. The van der Waals surface area contributed by atoms with E-state index in [0.717, 1.165) is 5.56 Å². The van der Waals surface area contributed by atoms with Crippen molar-refractivity contribution in [3.63, 3.8) is 0 Å². The van der Waals surface area contributed by atoms with Crippen molar-refractivity contribution in [3.05, 3.63) is 54.1 Å². The quantitative estimate of drug-likeness (QED) is 0.583. The fourth-order valence-electron chi connectivity index (χ4n) is 3.70. The third-order valence-electron chi connectivity index (χ3n) is 5.46. The number of carbonyl (C=O) groups is 3. The van der Waals surface area contributed by atoms with Crippen LogP contribution in [-0.4, -0.2) is 54.7 Å². The van der Waals surface area contributed by atoms with Crippen molar-refractivity contribution in [1.29, 1.82) is 0 Å². The van der Waals surface area contributed by atoms with Gasteiger partial charge < -0.3 is 18.9 Å². The van der Waals surface area contributed by atoms with Gasteiger partial charge in [-0.1, -0.05) is 35.5 Å². The summed E-state index contributed by atoms with van der Waals surface area (Å²) in [6, 6.07) is 14.4. The van der Waals surface area contributed by atoms with E-state index < -0.39 is 5.97 Å². The number of carbonyl (C=O) groups excluding carboxylic acids is 3. The molecule has 2 heterocycles. The van der Waals surface area contributed by atoms with Gasteiger partial charge in [0.05, 0.1) is 24.0 Å². The van der Waals surface area contributed by atoms with E-state index in [1.165, 1.54) is 7.11 Å². The van der Waals surface area contributed by atoms with Crippen molar-refractivity contribution in [2.45, 2.75) is 12.8 Å². The number of likely N-dealkylation sites (tertiary alicyclic amines) is 1. The highest BCUT2D eigenvalue weighted by Crippen LogP contribution is 2.29. The minimum absolute atomic E-state index is 0.189. The van der Waals surface area contributed by atoms with Gasteiger partial charge in [-0.25, -0.2) is 4.79 Å². The van der Waals surface area contributed by atoms with Crippen molar-refractivity contribution in [3.8, 4) is 11.3 Å². The lowest BCUT2D eigenvalue weighted by Crippen LogP contribution is -2.42. The monoisotopic (exact) mass is 422 g/mol. The fourth-order valence-corrected chi connectivity index (χ4v) is 3.70. The summed E-state index contributed by atoms with van der Waals surface area (Å²) in [7, 11) is 1.36. The number of rotatable bonds is 5. The molecule has 1 fully saturated rings. The maximum atomic E-state index is 12.5. The molecule has 1 aromatic heterocycles. The molecule has 0 atom stereocenters. The molecule has 0 N–H and O–H groups in total. The van der Waals surface area contributed by atoms with Crippen molar-refractivity contribution >= 4 is 28.7 Å². The number of methoxy groups -OCH3 is 1. The van der Waals surface area contributed by atoms with Gasteiger partial charge in [-0.2, -0.15) is 0 Å². The van der Waals surface area contributed by atoms with Gasteiger partial charge in [-0.15, -0.1) is 0 Å². The van der Waals surface area contributed by atoms with Crippen LogP contribution < -0.4 is 0 Å². The molecule has 8 nitrogen and oxygen atoms in total. The minimum Gasteiger partial charge on any atom is -0.469 e. The van der Waals surface area contributed by atoms with Crippen LogP contribution in [0, 0.1) is 5.92 Å². The van der Waals surface area contributed by atoms with Gasteiger partial charge in [0.1, 0.15) is 5.52 Å². The number of fused-ring (bicyclic) bond motifs is 1. The first-order valence-corrected chi connectivity index (χ1v) is 10.0. The first-order valence-electron chi connectivity index (χ1n) is 10.0. The average Bonchev–Trinajstić information content (AvgIpc) is 3.25. The zero-order valence-electron chi connectivity index (χ0n) is 17.1. The van der Waals surface area contributed by atoms with Crippen molar-refractivity contribution < 1.29 is 28.4 Å². The van der Waals surface area contributed by atoms with E-state index in [0.29, 0.717) is 48.2 Å². The smallest absolute Gasteiger partial charge is 0.338 e. The summed E-state index contributed by atoms with van der Waals surface area (Å²) < 4.78 is 15.4. The third-order valence-corrected chi connectivity index (χ3v) is 5.46. The van der Waals surface area contributed by atoms with Crippen LogP contribution in [0.25, 0.3) is 22.2 Å². The second-order valence-corrected chi connectivity index (χ2v) is 7.36. The Hall–Kier alpha value is -3.68. The van der Waals surface area contributed by atoms with E-state index in [2.05, 4.69) is 5.16 Å². The zero-order valence-corrected chi connectivity index (χ0v) is 17.1. The van der Waals surface area contributed by atoms with Crippen LogP contribution in [0.1, 0.15) is 23.2 Å². The van der Waals surface area contributed by atoms with Gasteiger partial charge in [-0.3, -0.25) is 9.59 Å². The van der Waals surface area contributed by atoms with E-state index in [9.17, 15) is 14.4 Å². The van der Waals surface area contributed by atoms with E-state index in [-0.39, 0.29) is 24.4 Å². The van der Waals surface area contributed by atoms with Gasteiger partial charge >= 0.3 is 11.9 Å². The Labute approximate surface area is 178 Å². The molecular formula is C23H22N2O6. The number of benzene rings is 2. The van der Waals surface area contributed by atoms with E-state index >= 15 is 0 Å². The normalized spacial score (nSPS) is 14.4.